The van der Waals surface area contributed by atoms with E-state index in [9.17, 15) is 9.18 Å². The Bertz CT molecular complexity index is 1110. The van der Waals surface area contributed by atoms with Gasteiger partial charge in [-0.25, -0.2) is 14.2 Å². The standard InChI is InChI=1S/C25H23FN2O2/c1-17-15-18(26)9-10-20(17)21-11-12-22-23(27-21)25(13-5-6-14-25)16-28(22)24(29)30-19-7-3-2-4-8-19/h2-4,7-12,15H,5-6,13-14,16H2,1H3. The van der Waals surface area contributed by atoms with Gasteiger partial charge >= 0.3 is 6.09 Å². The Morgan fingerprint density at radius 2 is 1.83 bits per heavy atom. The van der Waals surface area contributed by atoms with E-state index in [-0.39, 0.29) is 17.3 Å². The molecule has 0 radical (unpaired) electrons. The number of pyridine rings is 1. The van der Waals surface area contributed by atoms with Gasteiger partial charge in [-0.15, -0.1) is 0 Å². The summed E-state index contributed by atoms with van der Waals surface area (Å²) in [4.78, 5) is 19.7. The molecular formula is C25H23FN2O2. The Kier molecular flexibility index (Phi) is 4.54. The predicted octanol–water partition coefficient (Wildman–Crippen LogP) is 6.03. The van der Waals surface area contributed by atoms with Crippen LogP contribution in [0.15, 0.2) is 60.7 Å². The van der Waals surface area contributed by atoms with Crippen LogP contribution in [0.1, 0.15) is 36.9 Å². The minimum absolute atomic E-state index is 0.130. The van der Waals surface area contributed by atoms with E-state index in [0.29, 0.717) is 12.3 Å². The van der Waals surface area contributed by atoms with Gasteiger partial charge in [-0.1, -0.05) is 31.0 Å². The minimum Gasteiger partial charge on any atom is -0.410 e. The fourth-order valence-corrected chi connectivity index (χ4v) is 4.84. The van der Waals surface area contributed by atoms with Gasteiger partial charge in [0, 0.05) is 17.5 Å². The molecule has 1 amide bonds. The molecule has 1 saturated carbocycles. The fourth-order valence-electron chi connectivity index (χ4n) is 4.84. The highest BCUT2D eigenvalue weighted by molar-refractivity contribution is 5.92. The van der Waals surface area contributed by atoms with Crippen molar-refractivity contribution < 1.29 is 13.9 Å². The van der Waals surface area contributed by atoms with Gasteiger partial charge in [0.1, 0.15) is 11.6 Å². The van der Waals surface area contributed by atoms with Gasteiger partial charge in [0.25, 0.3) is 0 Å². The van der Waals surface area contributed by atoms with Gasteiger partial charge in [0.2, 0.25) is 0 Å². The number of amides is 1. The molecule has 0 unspecified atom stereocenters. The van der Waals surface area contributed by atoms with E-state index in [0.717, 1.165) is 53.9 Å². The lowest BCUT2D eigenvalue weighted by molar-refractivity contribution is 0.206. The third-order valence-electron chi connectivity index (χ3n) is 6.32. The van der Waals surface area contributed by atoms with Gasteiger partial charge in [-0.3, -0.25) is 4.90 Å². The van der Waals surface area contributed by atoms with E-state index in [1.54, 1.807) is 23.1 Å². The summed E-state index contributed by atoms with van der Waals surface area (Å²) in [5, 5.41) is 0. The van der Waals surface area contributed by atoms with Gasteiger partial charge in [0.15, 0.2) is 0 Å². The predicted molar refractivity (Wildman–Crippen MR) is 114 cm³/mol. The largest absolute Gasteiger partial charge is 0.419 e. The van der Waals surface area contributed by atoms with Crippen molar-refractivity contribution in [1.82, 2.24) is 4.98 Å². The number of fused-ring (bicyclic) bond motifs is 2. The Morgan fingerprint density at radius 3 is 2.57 bits per heavy atom. The van der Waals surface area contributed by atoms with Crippen LogP contribution in [0.25, 0.3) is 11.3 Å². The first-order valence-electron chi connectivity index (χ1n) is 10.4. The van der Waals surface area contributed by atoms with Crippen LogP contribution in [0.3, 0.4) is 0 Å². The van der Waals surface area contributed by atoms with Gasteiger partial charge in [-0.05, 0) is 67.8 Å². The Hall–Kier alpha value is -3.21. The molecule has 0 saturated heterocycles. The van der Waals surface area contributed by atoms with Crippen LogP contribution < -0.4 is 9.64 Å². The molecule has 1 fully saturated rings. The van der Waals surface area contributed by atoms with Gasteiger partial charge in [-0.2, -0.15) is 0 Å². The highest BCUT2D eigenvalue weighted by Crippen LogP contribution is 2.50. The van der Waals surface area contributed by atoms with E-state index in [1.807, 2.05) is 37.3 Å². The maximum absolute atomic E-state index is 13.6. The molecule has 4 nitrogen and oxygen atoms in total. The average molecular weight is 402 g/mol. The molecule has 0 atom stereocenters. The number of halogens is 1. The molecule has 1 aliphatic heterocycles. The van der Waals surface area contributed by atoms with Gasteiger partial charge in [0.05, 0.1) is 17.1 Å². The van der Waals surface area contributed by atoms with Crippen LogP contribution in [0.4, 0.5) is 14.9 Å². The number of aryl methyl sites for hydroxylation is 1. The van der Waals surface area contributed by atoms with E-state index < -0.39 is 0 Å². The molecule has 2 aromatic carbocycles. The first-order valence-corrected chi connectivity index (χ1v) is 10.4. The van der Waals surface area contributed by atoms with Crippen LogP contribution >= 0.6 is 0 Å². The lowest BCUT2D eigenvalue weighted by Crippen LogP contribution is -2.37. The SMILES string of the molecule is Cc1cc(F)ccc1-c1ccc2c(n1)C1(CCCC1)CN2C(=O)Oc1ccccc1. The number of rotatable bonds is 2. The molecule has 152 valence electrons. The number of benzene rings is 2. The topological polar surface area (TPSA) is 42.4 Å². The van der Waals surface area contributed by atoms with Crippen molar-refractivity contribution in [3.8, 4) is 17.0 Å². The summed E-state index contributed by atoms with van der Waals surface area (Å²) >= 11 is 0. The summed E-state index contributed by atoms with van der Waals surface area (Å²) in [6.45, 7) is 2.48. The van der Waals surface area contributed by atoms with E-state index >= 15 is 0 Å². The highest BCUT2D eigenvalue weighted by Gasteiger charge is 2.48. The number of carbonyl (C=O) groups is 1. The minimum atomic E-state index is -0.376. The van der Waals surface area contributed by atoms with Crippen molar-refractivity contribution in [1.29, 1.82) is 0 Å². The lowest BCUT2D eigenvalue weighted by atomic mass is 9.84. The summed E-state index contributed by atoms with van der Waals surface area (Å²) < 4.78 is 19.2. The number of hydrogen-bond acceptors (Lipinski definition) is 3. The molecular weight excluding hydrogens is 379 g/mol. The Balaban J connectivity index is 1.54. The first-order chi connectivity index (χ1) is 14.6. The van der Waals surface area contributed by atoms with Crippen LogP contribution in [0, 0.1) is 12.7 Å². The van der Waals surface area contributed by atoms with Crippen molar-refractivity contribution >= 4 is 11.8 Å². The average Bonchev–Trinajstić information content (AvgIpc) is 3.34. The molecule has 1 aliphatic carbocycles. The van der Waals surface area contributed by atoms with E-state index in [4.69, 9.17) is 9.72 Å². The van der Waals surface area contributed by atoms with E-state index in [1.165, 1.54) is 12.1 Å². The summed E-state index contributed by atoms with van der Waals surface area (Å²) in [7, 11) is 0. The number of anilines is 1. The van der Waals surface area contributed by atoms with Crippen molar-refractivity contribution in [2.45, 2.75) is 38.0 Å². The molecule has 0 bridgehead atoms. The maximum atomic E-state index is 13.6. The van der Waals surface area contributed by atoms with E-state index in [2.05, 4.69) is 0 Å². The zero-order chi connectivity index (χ0) is 20.7. The number of aromatic nitrogens is 1. The smallest absolute Gasteiger partial charge is 0.410 e. The van der Waals surface area contributed by atoms with Crippen LogP contribution in [-0.4, -0.2) is 17.6 Å². The lowest BCUT2D eigenvalue weighted by Gasteiger charge is -2.23. The second-order valence-electron chi connectivity index (χ2n) is 8.28. The summed E-state index contributed by atoms with van der Waals surface area (Å²) in [5.41, 5.74) is 4.23. The quantitative estimate of drug-likeness (QED) is 0.526. The summed E-state index contributed by atoms with van der Waals surface area (Å²) in [6, 6.07) is 17.8. The van der Waals surface area contributed by atoms with Gasteiger partial charge < -0.3 is 4.74 Å². The second kappa shape index (κ2) is 7.24. The number of nitrogens with zero attached hydrogens (tertiary/aromatic N) is 2. The number of hydrogen-bond donors (Lipinski definition) is 0. The van der Waals surface area contributed by atoms with Crippen molar-refractivity contribution in [3.63, 3.8) is 0 Å². The third-order valence-corrected chi connectivity index (χ3v) is 6.32. The van der Waals surface area contributed by atoms with Crippen molar-refractivity contribution in [2.24, 2.45) is 0 Å². The normalized spacial score (nSPS) is 16.7. The molecule has 30 heavy (non-hydrogen) atoms. The van der Waals surface area contributed by atoms with Crippen LogP contribution in [-0.2, 0) is 5.41 Å². The maximum Gasteiger partial charge on any atom is 0.419 e. The van der Waals surface area contributed by atoms with Crippen molar-refractivity contribution in [3.05, 3.63) is 77.7 Å². The molecule has 2 heterocycles. The zero-order valence-electron chi connectivity index (χ0n) is 16.9. The number of para-hydroxylation sites is 1. The number of carbonyl (C=O) groups excluding carboxylic acids is 1. The fraction of sp³-hybridized carbons (Fsp3) is 0.280. The Labute approximate surface area is 175 Å². The Morgan fingerprint density at radius 1 is 1.07 bits per heavy atom. The van der Waals surface area contributed by atoms with Crippen LogP contribution in [0.2, 0.25) is 0 Å². The molecule has 1 spiro atoms. The third kappa shape index (κ3) is 3.15. The molecule has 3 aromatic rings. The molecule has 2 aliphatic rings. The summed E-state index contributed by atoms with van der Waals surface area (Å²) in [6.07, 6.45) is 3.89. The molecule has 5 rings (SSSR count). The second-order valence-corrected chi connectivity index (χ2v) is 8.28. The highest BCUT2D eigenvalue weighted by atomic mass is 19.1. The monoisotopic (exact) mass is 402 g/mol. The number of ether oxygens (including phenoxy) is 1. The first kappa shape index (κ1) is 18.8. The molecule has 0 N–H and O–H groups in total. The van der Waals surface area contributed by atoms with Crippen molar-refractivity contribution in [2.75, 3.05) is 11.4 Å². The molecule has 1 aromatic heterocycles. The summed E-state index contributed by atoms with van der Waals surface area (Å²) in [5.74, 6) is 0.280. The molecule has 5 heteroatoms. The van der Waals surface area contributed by atoms with Crippen LogP contribution in [0.5, 0.6) is 5.75 Å². The zero-order valence-corrected chi connectivity index (χ0v) is 16.9.